The summed E-state index contributed by atoms with van der Waals surface area (Å²) in [7, 11) is -1.62. The van der Waals surface area contributed by atoms with E-state index in [1.807, 2.05) is 24.3 Å². The highest BCUT2D eigenvalue weighted by Crippen LogP contribution is 2.19. The lowest BCUT2D eigenvalue weighted by atomic mass is 10.1. The van der Waals surface area contributed by atoms with Gasteiger partial charge in [-0.2, -0.15) is 0 Å². The predicted octanol–water partition coefficient (Wildman–Crippen LogP) is 1.09. The lowest BCUT2D eigenvalue weighted by molar-refractivity contribution is 0.0632. The second kappa shape index (κ2) is 6.67. The zero-order valence-corrected chi connectivity index (χ0v) is 12.6. The molecule has 0 saturated carbocycles. The number of rotatable bonds is 5. The third-order valence-electron chi connectivity index (χ3n) is 3.75. The molecule has 0 spiro atoms. The van der Waals surface area contributed by atoms with Crippen molar-refractivity contribution in [3.63, 3.8) is 0 Å². The number of benzene rings is 1. The number of ether oxygens (including phenoxy) is 1. The molecule has 0 amide bonds. The van der Waals surface area contributed by atoms with Crippen LogP contribution in [-0.4, -0.2) is 39.0 Å². The molecule has 0 aliphatic carbocycles. The minimum absolute atomic E-state index is 0.0334. The normalized spacial score (nSPS) is 17.6. The van der Waals surface area contributed by atoms with Crippen LogP contribution in [0.2, 0.25) is 0 Å². The summed E-state index contributed by atoms with van der Waals surface area (Å²) < 4.78 is 31.6. The Balaban J connectivity index is 2.05. The van der Waals surface area contributed by atoms with Crippen molar-refractivity contribution in [2.45, 2.75) is 31.2 Å². The van der Waals surface area contributed by atoms with Gasteiger partial charge in [0, 0.05) is 32.8 Å². The fraction of sp³-hybridized carbons (Fsp3) is 0.571. The molecule has 0 unspecified atom stereocenters. The van der Waals surface area contributed by atoms with Crippen molar-refractivity contribution in [2.75, 3.05) is 20.3 Å². The molecule has 1 saturated heterocycles. The smallest absolute Gasteiger partial charge is 0.218 e. The van der Waals surface area contributed by atoms with Crippen molar-refractivity contribution in [3.8, 4) is 0 Å². The summed E-state index contributed by atoms with van der Waals surface area (Å²) in [5.41, 5.74) is 7.33. The number of hydrogen-bond acceptors (Lipinski definition) is 4. The molecule has 1 heterocycles. The van der Waals surface area contributed by atoms with E-state index in [0.717, 1.165) is 24.0 Å². The molecule has 1 aliphatic rings. The maximum atomic E-state index is 12.4. The third-order valence-corrected chi connectivity index (χ3v) is 5.63. The largest absolute Gasteiger partial charge is 0.381 e. The lowest BCUT2D eigenvalue weighted by Gasteiger charge is -2.30. The first-order valence-electron chi connectivity index (χ1n) is 6.84. The fourth-order valence-corrected chi connectivity index (χ4v) is 3.84. The van der Waals surface area contributed by atoms with E-state index in [-0.39, 0.29) is 11.8 Å². The van der Waals surface area contributed by atoms with E-state index in [0.29, 0.717) is 19.8 Å². The monoisotopic (exact) mass is 298 g/mol. The van der Waals surface area contributed by atoms with Gasteiger partial charge in [-0.3, -0.25) is 0 Å². The van der Waals surface area contributed by atoms with Crippen LogP contribution in [0.3, 0.4) is 0 Å². The van der Waals surface area contributed by atoms with Gasteiger partial charge in [0.25, 0.3) is 0 Å². The molecule has 5 nitrogen and oxygen atoms in total. The van der Waals surface area contributed by atoms with Gasteiger partial charge in [0.1, 0.15) is 0 Å². The maximum absolute atomic E-state index is 12.4. The Morgan fingerprint density at radius 3 is 2.30 bits per heavy atom. The summed E-state index contributed by atoms with van der Waals surface area (Å²) in [5, 5.41) is 0. The van der Waals surface area contributed by atoms with E-state index in [9.17, 15) is 8.42 Å². The Kier molecular flexibility index (Phi) is 5.15. The first kappa shape index (κ1) is 15.4. The van der Waals surface area contributed by atoms with E-state index < -0.39 is 10.0 Å². The van der Waals surface area contributed by atoms with Gasteiger partial charge in [-0.1, -0.05) is 24.3 Å². The quantitative estimate of drug-likeness (QED) is 0.883. The van der Waals surface area contributed by atoms with Crippen molar-refractivity contribution >= 4 is 10.0 Å². The van der Waals surface area contributed by atoms with Crippen molar-refractivity contribution in [3.05, 3.63) is 35.4 Å². The molecular formula is C14H22N2O3S. The molecule has 1 aromatic rings. The summed E-state index contributed by atoms with van der Waals surface area (Å²) in [6.07, 6.45) is 1.53. The van der Waals surface area contributed by atoms with Gasteiger partial charge in [0.05, 0.1) is 5.75 Å². The van der Waals surface area contributed by atoms with E-state index in [1.54, 1.807) is 7.05 Å². The molecule has 20 heavy (non-hydrogen) atoms. The molecule has 6 heteroatoms. The highest BCUT2D eigenvalue weighted by molar-refractivity contribution is 7.88. The average Bonchev–Trinajstić information content (AvgIpc) is 2.48. The number of nitrogens with two attached hydrogens (primary N) is 1. The van der Waals surface area contributed by atoms with Gasteiger partial charge in [0.2, 0.25) is 10.0 Å². The molecule has 0 bridgehead atoms. The van der Waals surface area contributed by atoms with Crippen LogP contribution >= 0.6 is 0 Å². The second-order valence-corrected chi connectivity index (χ2v) is 7.17. The first-order chi connectivity index (χ1) is 9.53. The van der Waals surface area contributed by atoms with Crippen LogP contribution in [0.5, 0.6) is 0 Å². The third kappa shape index (κ3) is 3.79. The Hall–Kier alpha value is -0.950. The van der Waals surface area contributed by atoms with E-state index in [1.165, 1.54) is 4.31 Å². The molecule has 1 fully saturated rings. The Bertz CT molecular complexity index is 522. The van der Waals surface area contributed by atoms with Crippen LogP contribution in [0.25, 0.3) is 0 Å². The van der Waals surface area contributed by atoms with Gasteiger partial charge in [-0.05, 0) is 24.0 Å². The van der Waals surface area contributed by atoms with E-state index in [2.05, 4.69) is 0 Å². The molecule has 2 N–H and O–H groups in total. The second-order valence-electron chi connectivity index (χ2n) is 5.14. The molecule has 1 aliphatic heterocycles. The number of sulfonamides is 1. The standard InChI is InChI=1S/C14H22N2O3S/c1-16(14-6-8-19-9-7-14)20(17,18)11-13-4-2-12(10-15)3-5-13/h2-5,14H,6-11,15H2,1H3. The summed E-state index contributed by atoms with van der Waals surface area (Å²) >= 11 is 0. The zero-order valence-electron chi connectivity index (χ0n) is 11.8. The molecule has 0 atom stereocenters. The first-order valence-corrected chi connectivity index (χ1v) is 8.45. The van der Waals surface area contributed by atoms with Gasteiger partial charge in [0.15, 0.2) is 0 Å². The van der Waals surface area contributed by atoms with Gasteiger partial charge in [-0.15, -0.1) is 0 Å². The van der Waals surface area contributed by atoms with Crippen molar-refractivity contribution in [1.29, 1.82) is 0 Å². The predicted molar refractivity (Wildman–Crippen MR) is 78.6 cm³/mol. The van der Waals surface area contributed by atoms with E-state index >= 15 is 0 Å². The number of hydrogen-bond donors (Lipinski definition) is 1. The molecule has 0 aromatic heterocycles. The van der Waals surface area contributed by atoms with Gasteiger partial charge >= 0.3 is 0 Å². The lowest BCUT2D eigenvalue weighted by Crippen LogP contribution is -2.41. The summed E-state index contributed by atoms with van der Waals surface area (Å²) in [6.45, 7) is 1.74. The highest BCUT2D eigenvalue weighted by atomic mass is 32.2. The van der Waals surface area contributed by atoms with Crippen molar-refractivity contribution in [1.82, 2.24) is 4.31 Å². The SMILES string of the molecule is CN(C1CCOCC1)S(=O)(=O)Cc1ccc(CN)cc1. The molecule has 112 valence electrons. The van der Waals surface area contributed by atoms with Crippen LogP contribution in [0.15, 0.2) is 24.3 Å². The molecule has 0 radical (unpaired) electrons. The van der Waals surface area contributed by atoms with E-state index in [4.69, 9.17) is 10.5 Å². The zero-order chi connectivity index (χ0) is 14.6. The van der Waals surface area contributed by atoms with Crippen LogP contribution in [0, 0.1) is 0 Å². The maximum Gasteiger partial charge on any atom is 0.218 e. The van der Waals surface area contributed by atoms with Crippen LogP contribution in [0.1, 0.15) is 24.0 Å². The van der Waals surface area contributed by atoms with Crippen LogP contribution < -0.4 is 5.73 Å². The van der Waals surface area contributed by atoms with Gasteiger partial charge in [-0.25, -0.2) is 12.7 Å². The van der Waals surface area contributed by atoms with Crippen molar-refractivity contribution in [2.24, 2.45) is 5.73 Å². The molecular weight excluding hydrogens is 276 g/mol. The minimum atomic E-state index is -3.29. The fourth-order valence-electron chi connectivity index (χ4n) is 2.36. The minimum Gasteiger partial charge on any atom is -0.381 e. The summed E-state index contributed by atoms with van der Waals surface area (Å²) in [4.78, 5) is 0. The van der Waals surface area contributed by atoms with Crippen LogP contribution in [-0.2, 0) is 27.1 Å². The summed E-state index contributed by atoms with van der Waals surface area (Å²) in [5.74, 6) is 0.0334. The topological polar surface area (TPSA) is 72.6 Å². The Morgan fingerprint density at radius 1 is 1.20 bits per heavy atom. The van der Waals surface area contributed by atoms with Crippen LogP contribution in [0.4, 0.5) is 0 Å². The molecule has 1 aromatic carbocycles. The molecule has 2 rings (SSSR count). The highest BCUT2D eigenvalue weighted by Gasteiger charge is 2.27. The van der Waals surface area contributed by atoms with Gasteiger partial charge < -0.3 is 10.5 Å². The summed E-state index contributed by atoms with van der Waals surface area (Å²) in [6, 6.07) is 7.46. The average molecular weight is 298 g/mol. The van der Waals surface area contributed by atoms with Crippen molar-refractivity contribution < 1.29 is 13.2 Å². The Labute approximate surface area is 120 Å². The Morgan fingerprint density at radius 2 is 1.75 bits per heavy atom. The number of nitrogens with zero attached hydrogens (tertiary/aromatic N) is 1.